The van der Waals surface area contributed by atoms with Gasteiger partial charge in [0.2, 0.25) is 5.91 Å². The van der Waals surface area contributed by atoms with Crippen molar-refractivity contribution in [2.75, 3.05) is 37.4 Å². The van der Waals surface area contributed by atoms with Crippen molar-refractivity contribution < 1.29 is 59.8 Å². The van der Waals surface area contributed by atoms with Crippen LogP contribution < -0.4 is 15.4 Å². The average Bonchev–Trinajstić information content (AvgIpc) is 3.72. The van der Waals surface area contributed by atoms with E-state index >= 15 is 0 Å². The van der Waals surface area contributed by atoms with Crippen LogP contribution in [0.15, 0.2) is 59.8 Å². The first-order chi connectivity index (χ1) is 25.7. The van der Waals surface area contributed by atoms with Gasteiger partial charge in [-0.2, -0.15) is 26.3 Å². The number of halogens is 7. The highest BCUT2D eigenvalue weighted by molar-refractivity contribution is 7.21. The quantitative estimate of drug-likeness (QED) is 0.155. The molecule has 3 heterocycles. The second-order valence-corrected chi connectivity index (χ2v) is 14.9. The highest BCUT2D eigenvalue weighted by Gasteiger charge is 2.45. The second kappa shape index (κ2) is 14.4. The fourth-order valence-electron chi connectivity index (χ4n) is 6.37. The Hall–Kier alpha value is -5.23. The topological polar surface area (TPSA) is 130 Å². The Morgan fingerprint density at radius 2 is 1.65 bits per heavy atom. The number of anilines is 2. The molecule has 0 aliphatic carbocycles. The minimum Gasteiger partial charge on any atom is -0.496 e. The maximum absolute atomic E-state index is 14.0. The summed E-state index contributed by atoms with van der Waals surface area (Å²) in [6.45, 7) is 3.77. The molecule has 18 heteroatoms. The second-order valence-electron chi connectivity index (χ2n) is 13.9. The predicted molar refractivity (Wildman–Crippen MR) is 189 cm³/mol. The number of nitrogens with one attached hydrogen (secondary N) is 2. The Kier molecular flexibility index (Phi) is 10.4. The van der Waals surface area contributed by atoms with Gasteiger partial charge in [0.25, 0.3) is 11.8 Å². The number of hydrogen-bond donors (Lipinski definition) is 3. The summed E-state index contributed by atoms with van der Waals surface area (Å²) in [4.78, 5) is 47.6. The Morgan fingerprint density at radius 3 is 2.29 bits per heavy atom. The standard InChI is InChI=1S/C37H33F7N4O6S/c1-34(2,18-49)33(52)48-12-10-35(11-13-48)17-26(47-54-35)19-4-9-27(53-3)23(14-19)31(50)46-29-22-7-5-20(36(39,40)41)15-28(22)55-30(29)32(51)45-21-6-8-25(38)24(16-21)37(42,43)44/h4-9,14-16,49H,10-13,17-18H2,1-3H3,(H,45,51)(H,46,50). The normalized spacial score (nSPS) is 15.8. The number of alkyl halides is 6. The lowest BCUT2D eigenvalue weighted by molar-refractivity contribution is -0.148. The number of thiophene rings is 1. The van der Waals surface area contributed by atoms with Crippen LogP contribution in [0, 0.1) is 11.2 Å². The van der Waals surface area contributed by atoms with Gasteiger partial charge in [-0.05, 0) is 62.4 Å². The van der Waals surface area contributed by atoms with Gasteiger partial charge in [0.05, 0.1) is 47.2 Å². The first kappa shape index (κ1) is 39.5. The summed E-state index contributed by atoms with van der Waals surface area (Å²) in [7, 11) is 1.31. The van der Waals surface area contributed by atoms with Gasteiger partial charge in [0.15, 0.2) is 0 Å². The third kappa shape index (κ3) is 7.96. The van der Waals surface area contributed by atoms with Crippen LogP contribution in [0.3, 0.4) is 0 Å². The zero-order chi connectivity index (χ0) is 40.1. The number of aliphatic hydroxyl groups excluding tert-OH is 1. The third-order valence-electron chi connectivity index (χ3n) is 9.54. The average molecular weight is 795 g/mol. The number of hydrogen-bond acceptors (Lipinski definition) is 8. The molecule has 6 rings (SSSR count). The maximum Gasteiger partial charge on any atom is 0.419 e. The number of carbonyl (C=O) groups excluding carboxylic acids is 3. The van der Waals surface area contributed by atoms with Gasteiger partial charge in [0, 0.05) is 53.7 Å². The van der Waals surface area contributed by atoms with E-state index in [1.54, 1.807) is 24.8 Å². The molecular weight excluding hydrogens is 761 g/mol. The van der Waals surface area contributed by atoms with E-state index < -0.39 is 57.8 Å². The Bertz CT molecular complexity index is 2210. The number of methoxy groups -OCH3 is 1. The van der Waals surface area contributed by atoms with Crippen LogP contribution in [0.2, 0.25) is 0 Å². The van der Waals surface area contributed by atoms with Gasteiger partial charge in [-0.25, -0.2) is 4.39 Å². The number of benzene rings is 3. The molecule has 292 valence electrons. The number of nitrogens with zero attached hydrogens (tertiary/aromatic N) is 2. The van der Waals surface area contributed by atoms with Crippen LogP contribution in [0.5, 0.6) is 5.75 Å². The fraction of sp³-hybridized carbons (Fsp3) is 0.351. The van der Waals surface area contributed by atoms with E-state index in [0.717, 1.165) is 24.3 Å². The van der Waals surface area contributed by atoms with E-state index in [1.165, 1.54) is 19.2 Å². The number of ether oxygens (including phenoxy) is 1. The van der Waals surface area contributed by atoms with Crippen LogP contribution in [0.1, 0.15) is 69.8 Å². The van der Waals surface area contributed by atoms with Gasteiger partial charge in [-0.15, -0.1) is 11.3 Å². The molecule has 0 saturated carbocycles. The van der Waals surface area contributed by atoms with Crippen molar-refractivity contribution in [2.45, 2.75) is 51.1 Å². The summed E-state index contributed by atoms with van der Waals surface area (Å²) in [6, 6.07) is 8.95. The molecule has 0 radical (unpaired) electrons. The van der Waals surface area contributed by atoms with Crippen molar-refractivity contribution in [1.29, 1.82) is 0 Å². The molecule has 1 fully saturated rings. The molecular formula is C37H33F7N4O6S. The summed E-state index contributed by atoms with van der Waals surface area (Å²) in [5.41, 5.74) is -4.11. The first-order valence-electron chi connectivity index (χ1n) is 16.7. The Labute approximate surface area is 312 Å². The fourth-order valence-corrected chi connectivity index (χ4v) is 7.46. The third-order valence-corrected chi connectivity index (χ3v) is 10.7. The molecule has 4 aromatic rings. The lowest BCUT2D eigenvalue weighted by Gasteiger charge is -2.39. The number of carbonyl (C=O) groups is 3. The van der Waals surface area contributed by atoms with Gasteiger partial charge in [0.1, 0.15) is 22.0 Å². The highest BCUT2D eigenvalue weighted by Crippen LogP contribution is 2.42. The zero-order valence-electron chi connectivity index (χ0n) is 29.4. The number of piperidine rings is 1. The van der Waals surface area contributed by atoms with Crippen LogP contribution in [0.4, 0.5) is 42.1 Å². The summed E-state index contributed by atoms with van der Waals surface area (Å²) in [6.07, 6.45) is -8.59. The molecule has 2 aliphatic heterocycles. The maximum atomic E-state index is 14.0. The Morgan fingerprint density at radius 1 is 0.945 bits per heavy atom. The smallest absolute Gasteiger partial charge is 0.419 e. The number of rotatable bonds is 8. The molecule has 3 N–H and O–H groups in total. The van der Waals surface area contributed by atoms with Gasteiger partial charge >= 0.3 is 12.4 Å². The molecule has 1 aromatic heterocycles. The lowest BCUT2D eigenvalue weighted by atomic mass is 9.84. The molecule has 0 atom stereocenters. The molecule has 2 aliphatic rings. The van der Waals surface area contributed by atoms with Crippen molar-refractivity contribution in [1.82, 2.24) is 4.90 Å². The number of amides is 3. The zero-order valence-corrected chi connectivity index (χ0v) is 30.2. The lowest BCUT2D eigenvalue weighted by Crippen LogP contribution is -2.51. The van der Waals surface area contributed by atoms with E-state index in [0.29, 0.717) is 67.1 Å². The van der Waals surface area contributed by atoms with Crippen molar-refractivity contribution in [3.05, 3.63) is 87.5 Å². The van der Waals surface area contributed by atoms with Gasteiger partial charge in [-0.3, -0.25) is 14.4 Å². The van der Waals surface area contributed by atoms with Crippen molar-refractivity contribution in [3.8, 4) is 5.75 Å². The minimum absolute atomic E-state index is 0.0319. The van der Waals surface area contributed by atoms with Crippen molar-refractivity contribution >= 4 is 56.2 Å². The predicted octanol–water partition coefficient (Wildman–Crippen LogP) is 8.10. The van der Waals surface area contributed by atoms with E-state index in [2.05, 4.69) is 15.8 Å². The van der Waals surface area contributed by atoms with Crippen molar-refractivity contribution in [3.63, 3.8) is 0 Å². The monoisotopic (exact) mass is 794 g/mol. The van der Waals surface area contributed by atoms with E-state index in [1.807, 2.05) is 0 Å². The number of oxime groups is 1. The van der Waals surface area contributed by atoms with Crippen LogP contribution >= 0.6 is 11.3 Å². The summed E-state index contributed by atoms with van der Waals surface area (Å²) < 4.78 is 100. The van der Waals surface area contributed by atoms with Crippen LogP contribution in [-0.2, 0) is 22.0 Å². The molecule has 1 spiro atoms. The van der Waals surface area contributed by atoms with E-state index in [4.69, 9.17) is 9.57 Å². The molecule has 3 aromatic carbocycles. The molecule has 0 bridgehead atoms. The molecule has 10 nitrogen and oxygen atoms in total. The summed E-state index contributed by atoms with van der Waals surface area (Å²) in [5.74, 6) is -3.60. The van der Waals surface area contributed by atoms with Gasteiger partial charge in [-0.1, -0.05) is 11.2 Å². The number of aliphatic hydroxyl groups is 1. The summed E-state index contributed by atoms with van der Waals surface area (Å²) in [5, 5.41) is 18.7. The highest BCUT2D eigenvalue weighted by atomic mass is 32.1. The van der Waals surface area contributed by atoms with Crippen LogP contribution in [0.25, 0.3) is 10.1 Å². The molecule has 1 saturated heterocycles. The summed E-state index contributed by atoms with van der Waals surface area (Å²) >= 11 is 0.555. The number of fused-ring (bicyclic) bond motifs is 1. The van der Waals surface area contributed by atoms with Crippen LogP contribution in [-0.4, -0.2) is 65.8 Å². The number of likely N-dealkylation sites (tertiary alicyclic amines) is 1. The molecule has 3 amide bonds. The molecule has 0 unspecified atom stereocenters. The Balaban J connectivity index is 1.28. The SMILES string of the molecule is COc1ccc(C2=NOC3(CCN(C(=O)C(C)(C)CO)CC3)C2)cc1C(=O)Nc1c(C(=O)Nc2ccc(F)c(C(F)(F)F)c2)sc2cc(C(F)(F)F)ccc12. The minimum atomic E-state index is -5.09. The van der Waals surface area contributed by atoms with Crippen molar-refractivity contribution in [2.24, 2.45) is 10.6 Å². The van der Waals surface area contributed by atoms with E-state index in [9.17, 15) is 50.2 Å². The molecule has 55 heavy (non-hydrogen) atoms. The largest absolute Gasteiger partial charge is 0.496 e. The van der Waals surface area contributed by atoms with E-state index in [-0.39, 0.29) is 44.5 Å². The first-order valence-corrected chi connectivity index (χ1v) is 17.5. The van der Waals surface area contributed by atoms with Gasteiger partial charge < -0.3 is 30.2 Å².